The van der Waals surface area contributed by atoms with E-state index in [1.165, 1.54) is 199 Å². The van der Waals surface area contributed by atoms with Crippen molar-refractivity contribution in [1.82, 2.24) is 62.1 Å². The predicted octanol–water partition coefficient (Wildman–Crippen LogP) is 12.0. The van der Waals surface area contributed by atoms with E-state index in [9.17, 15) is 0 Å². The van der Waals surface area contributed by atoms with Crippen molar-refractivity contribution >= 4 is 0 Å². The first-order chi connectivity index (χ1) is 49.1. The molecule has 0 amide bonds. The summed E-state index contributed by atoms with van der Waals surface area (Å²) >= 11 is 0. The Morgan fingerprint density at radius 2 is 0.470 bits per heavy atom. The molecule has 20 unspecified atom stereocenters. The third-order valence-corrected chi connectivity index (χ3v) is 27.3. The van der Waals surface area contributed by atoms with Crippen LogP contribution >= 0.6 is 0 Å². The van der Waals surface area contributed by atoms with E-state index >= 15 is 0 Å². The van der Waals surface area contributed by atoms with E-state index in [1.54, 1.807) is 0 Å². The molecule has 9 aliphatic heterocycles. The number of benzene rings is 4. The minimum atomic E-state index is -0.656. The lowest BCUT2D eigenvalue weighted by atomic mass is 9.71. The fourth-order valence-electron chi connectivity index (χ4n) is 22.3. The average Bonchev–Trinajstić information content (AvgIpc) is 1.50. The van der Waals surface area contributed by atoms with E-state index in [0.717, 1.165) is 102 Å². The molecule has 9 heterocycles. The van der Waals surface area contributed by atoms with E-state index in [-0.39, 0.29) is 61.2 Å². The first-order valence-corrected chi connectivity index (χ1v) is 41.2. The van der Waals surface area contributed by atoms with Crippen LogP contribution in [-0.4, -0.2) is 146 Å². The van der Waals surface area contributed by atoms with Crippen molar-refractivity contribution in [3.8, 4) is 23.0 Å². The Bertz CT molecular complexity index is 3170. The van der Waals surface area contributed by atoms with Gasteiger partial charge in [0.2, 0.25) is 0 Å². The maximum atomic E-state index is 8.48. The summed E-state index contributed by atoms with van der Waals surface area (Å²) in [5.41, 5.74) is 10.0. The molecule has 4 aromatic rings. The number of hydrogen-bond donors (Lipinski definition) is 8. The van der Waals surface area contributed by atoms with E-state index in [2.05, 4.69) is 163 Å². The molecule has 20 atom stereocenters. The van der Waals surface area contributed by atoms with Gasteiger partial charge in [-0.2, -0.15) is 0 Å². The lowest BCUT2D eigenvalue weighted by Crippen LogP contribution is -2.69. The zero-order chi connectivity index (χ0) is 67.2. The van der Waals surface area contributed by atoms with Crippen molar-refractivity contribution in [2.24, 2.45) is 47.3 Å². The first kappa shape index (κ1) is 68.7. The number of piperidine rings is 4. The smallest absolute Gasteiger partial charge is 0.176 e. The van der Waals surface area contributed by atoms with E-state index in [1.807, 2.05) is 0 Å². The van der Waals surface area contributed by atoms with Gasteiger partial charge in [0.05, 0.1) is 49.3 Å². The first-order valence-electron chi connectivity index (χ1n) is 41.2. The molecular weight excluding hydrogens is 1240 g/mol. The van der Waals surface area contributed by atoms with Crippen LogP contribution in [0.4, 0.5) is 0 Å². The minimum Gasteiger partial charge on any atom is -0.486 e. The summed E-state index contributed by atoms with van der Waals surface area (Å²) in [5, 5.41) is 36.1. The van der Waals surface area contributed by atoms with Gasteiger partial charge in [0, 0.05) is 60.3 Å². The highest BCUT2D eigenvalue weighted by Gasteiger charge is 2.65. The molecule has 0 spiro atoms. The number of rotatable bonds is 16. The lowest BCUT2D eigenvalue weighted by Gasteiger charge is -2.50. The van der Waals surface area contributed by atoms with E-state index in [0.29, 0.717) is 35.5 Å². The van der Waals surface area contributed by atoms with Crippen molar-refractivity contribution in [1.29, 1.82) is 0 Å². The van der Waals surface area contributed by atoms with Crippen molar-refractivity contribution in [2.75, 3.05) is 52.4 Å². The summed E-state index contributed by atoms with van der Waals surface area (Å²) < 4.78 is 33.8. The summed E-state index contributed by atoms with van der Waals surface area (Å²) in [4.78, 5) is 10.7. The van der Waals surface area contributed by atoms with Gasteiger partial charge < -0.3 is 18.9 Å². The van der Waals surface area contributed by atoms with Gasteiger partial charge in [-0.25, -0.2) is 0 Å². The molecule has 16 heteroatoms. The number of fused-ring (bicyclic) bond motifs is 20. The molecule has 16 nitrogen and oxygen atoms in total. The topological polar surface area (TPSA) is 146 Å². The van der Waals surface area contributed by atoms with Gasteiger partial charge in [0.25, 0.3) is 0 Å². The van der Waals surface area contributed by atoms with Crippen LogP contribution in [0.2, 0.25) is 0 Å². The van der Waals surface area contributed by atoms with Gasteiger partial charge in [-0.05, 0) is 230 Å². The van der Waals surface area contributed by atoms with Crippen LogP contribution in [0.1, 0.15) is 199 Å². The van der Waals surface area contributed by atoms with E-state index < -0.39 is 24.4 Å². The molecule has 13 aliphatic rings. The molecule has 4 aliphatic carbocycles. The highest BCUT2D eigenvalue weighted by atomic mass is 16.6. The van der Waals surface area contributed by atoms with Gasteiger partial charge >= 0.3 is 0 Å². The van der Waals surface area contributed by atoms with Crippen LogP contribution < -0.4 is 61.5 Å². The highest BCUT2D eigenvalue weighted by Crippen LogP contribution is 2.50. The third-order valence-electron chi connectivity index (χ3n) is 27.3. The summed E-state index contributed by atoms with van der Waals surface area (Å²) in [6.45, 7) is 21.2. The molecule has 544 valence electrons. The van der Waals surface area contributed by atoms with Crippen molar-refractivity contribution < 1.29 is 18.9 Å². The van der Waals surface area contributed by atoms with Gasteiger partial charge in [-0.3, -0.25) is 62.1 Å². The summed E-state index contributed by atoms with van der Waals surface area (Å²) in [5.74, 6) is 6.48. The Morgan fingerprint density at radius 3 is 0.710 bits per heavy atom. The molecule has 100 heavy (non-hydrogen) atoms. The Labute approximate surface area is 599 Å². The van der Waals surface area contributed by atoms with Crippen LogP contribution in [-0.2, 0) is 26.2 Å². The number of ether oxygens (including phenoxy) is 4. The van der Waals surface area contributed by atoms with Crippen LogP contribution in [0.25, 0.3) is 0 Å². The number of nitrogens with zero attached hydrogens (tertiary/aromatic N) is 4. The molecule has 0 aromatic heterocycles. The van der Waals surface area contributed by atoms with Crippen LogP contribution in [0.5, 0.6) is 23.0 Å². The Kier molecular flexibility index (Phi) is 21.3. The van der Waals surface area contributed by atoms with Crippen LogP contribution in [0, 0.1) is 75.0 Å². The molecule has 4 aromatic carbocycles. The monoisotopic (exact) mass is 1360 g/mol. The highest BCUT2D eigenvalue weighted by molar-refractivity contribution is 5.43. The second-order valence-corrected chi connectivity index (χ2v) is 34.3. The van der Waals surface area contributed by atoms with Gasteiger partial charge in [-0.1, -0.05) is 135 Å². The number of likely N-dealkylation sites (tertiary alicyclic amines) is 4. The molecular formula is C84H124N12O4. The molecule has 13 fully saturated rings. The normalized spacial score (nSPS) is 37.4. The van der Waals surface area contributed by atoms with Crippen LogP contribution in [0.15, 0.2) is 72.8 Å². The van der Waals surface area contributed by atoms with Gasteiger partial charge in [0.1, 0.15) is 35.2 Å². The fraction of sp³-hybridized carbons (Fsp3) is 0.714. The molecule has 17 rings (SSSR count). The third kappa shape index (κ3) is 14.8. The van der Waals surface area contributed by atoms with Crippen molar-refractivity contribution in [3.05, 3.63) is 117 Å². The van der Waals surface area contributed by atoms with Gasteiger partial charge in [-0.15, -0.1) is 0 Å². The lowest BCUT2D eigenvalue weighted by molar-refractivity contribution is -0.151. The SMILES string of the molecule is Cc1ccc(OC2C(Oc3ccc(C)cc3CN3CCCCC3)C(Oc3ccc(C)cc3CN3CCCCC3)C3C4NC5NC(NC6NC(NC7NC(NC(N4)C3C2Oc2ccc(C)cc2CN2CCCCC2)C2CCCCC72)C2CCCCC62)C2CCCCC52)c(CN2CCCCC2)c1. The Morgan fingerprint density at radius 1 is 0.260 bits per heavy atom. The largest absolute Gasteiger partial charge is 0.486 e. The molecule has 8 N–H and O–H groups in total. The fourth-order valence-corrected chi connectivity index (χ4v) is 22.3. The van der Waals surface area contributed by atoms with Crippen molar-refractivity contribution in [3.63, 3.8) is 0 Å². The maximum Gasteiger partial charge on any atom is 0.176 e. The summed E-state index contributed by atoms with van der Waals surface area (Å²) in [6, 6.07) is 28.1. The zero-order valence-corrected chi connectivity index (χ0v) is 61.4. The Balaban J connectivity index is 0.866. The number of aryl methyl sites for hydroxylation is 4. The molecule has 0 radical (unpaired) electrons. The van der Waals surface area contributed by atoms with Crippen LogP contribution in [0.3, 0.4) is 0 Å². The molecule has 4 saturated carbocycles. The van der Waals surface area contributed by atoms with Gasteiger partial charge in [0.15, 0.2) is 12.2 Å². The number of hydrogen-bond acceptors (Lipinski definition) is 16. The minimum absolute atomic E-state index is 0.0515. The quantitative estimate of drug-likeness (QED) is 0.0538. The average molecular weight is 1370 g/mol. The second-order valence-electron chi connectivity index (χ2n) is 34.3. The molecule has 8 bridgehead atoms. The number of nitrogens with one attached hydrogen (secondary N) is 8. The summed E-state index contributed by atoms with van der Waals surface area (Å²) in [7, 11) is 0. The zero-order valence-electron chi connectivity index (χ0n) is 61.4. The second kappa shape index (κ2) is 31.0. The standard InChI is InChI=1S/C84H124N12O4/c1-53-29-33-67(57(45-53)49-93-37-15-5-16-38-93)97-73-71-72(84-91-82-66-28-14-12-26-64(66)80(89-82)87-78-62-24-10-9-23-61(62)77(85-78)86-79-63-25-11-13-27-65(63)81(88-79)90-83(71)92-84)74(98-68-34-30-54(2)46-58(68)50-94-39-17-6-18-40-94)76(100-70-36-32-56(4)48-60(70)52-96-43-21-8-22-44-96)75(73)99-69-35-31-55(3)47-59(69)51-95-41-19-7-20-42-95/h29-36,45-48,61-66,71-92H,5-28,37-44,49-52H2,1-4H3. The van der Waals surface area contributed by atoms with Crippen molar-refractivity contribution in [2.45, 2.75) is 282 Å². The Hall–Kier alpha value is -4.40. The van der Waals surface area contributed by atoms with E-state index in [4.69, 9.17) is 18.9 Å². The molecule has 9 saturated heterocycles. The summed E-state index contributed by atoms with van der Waals surface area (Å²) in [6.07, 6.45) is 28.3. The predicted molar refractivity (Wildman–Crippen MR) is 398 cm³/mol. The maximum absolute atomic E-state index is 8.48.